The summed E-state index contributed by atoms with van der Waals surface area (Å²) >= 11 is 0. The van der Waals surface area contributed by atoms with Gasteiger partial charge in [-0.25, -0.2) is 0 Å². The molecule has 0 radical (unpaired) electrons. The van der Waals surface area contributed by atoms with Crippen LogP contribution < -0.4 is 5.32 Å². The van der Waals surface area contributed by atoms with Crippen LogP contribution in [0.3, 0.4) is 0 Å². The van der Waals surface area contributed by atoms with E-state index in [0.717, 1.165) is 13.2 Å². The van der Waals surface area contributed by atoms with Gasteiger partial charge >= 0.3 is 0 Å². The molecule has 1 fully saturated rings. The van der Waals surface area contributed by atoms with Crippen molar-refractivity contribution < 1.29 is 4.74 Å². The minimum Gasteiger partial charge on any atom is -0.378 e. The summed E-state index contributed by atoms with van der Waals surface area (Å²) in [7, 11) is 0. The Bertz CT molecular complexity index is 204. The van der Waals surface area contributed by atoms with E-state index in [1.807, 2.05) is 0 Å². The summed E-state index contributed by atoms with van der Waals surface area (Å²) in [6.07, 6.45) is 9.54. The van der Waals surface area contributed by atoms with Crippen LogP contribution in [0.25, 0.3) is 0 Å². The van der Waals surface area contributed by atoms with Crippen molar-refractivity contribution in [1.29, 1.82) is 0 Å². The van der Waals surface area contributed by atoms with E-state index in [-0.39, 0.29) is 0 Å². The van der Waals surface area contributed by atoms with Gasteiger partial charge in [0.25, 0.3) is 0 Å². The summed E-state index contributed by atoms with van der Waals surface area (Å²) in [6.45, 7) is 11.3. The second-order valence-corrected chi connectivity index (χ2v) is 6.92. The van der Waals surface area contributed by atoms with Crippen LogP contribution in [0.15, 0.2) is 0 Å². The maximum absolute atomic E-state index is 5.82. The van der Waals surface area contributed by atoms with E-state index in [2.05, 4.69) is 33.0 Å². The third kappa shape index (κ3) is 7.38. The summed E-state index contributed by atoms with van der Waals surface area (Å²) in [6, 6.07) is 0.680. The van der Waals surface area contributed by atoms with Crippen LogP contribution in [-0.2, 0) is 4.74 Å². The fourth-order valence-corrected chi connectivity index (χ4v) is 2.67. The minimum atomic E-state index is 0.453. The van der Waals surface area contributed by atoms with Crippen LogP contribution in [0.2, 0.25) is 0 Å². The first kappa shape index (κ1) is 16.0. The molecule has 1 aliphatic rings. The zero-order chi connectivity index (χ0) is 13.4. The van der Waals surface area contributed by atoms with Crippen molar-refractivity contribution in [1.82, 2.24) is 5.32 Å². The molecular formula is C16H33NO. The average molecular weight is 255 g/mol. The van der Waals surface area contributed by atoms with Crippen molar-refractivity contribution in [3.63, 3.8) is 0 Å². The van der Waals surface area contributed by atoms with Crippen LogP contribution in [0, 0.1) is 5.41 Å². The molecule has 0 amide bonds. The van der Waals surface area contributed by atoms with Gasteiger partial charge in [0.15, 0.2) is 0 Å². The SMILES string of the molecule is CCNC(CCC1CCCCO1)CCC(C)(C)C. The Morgan fingerprint density at radius 2 is 2.00 bits per heavy atom. The van der Waals surface area contributed by atoms with Crippen LogP contribution in [0.4, 0.5) is 0 Å². The van der Waals surface area contributed by atoms with Crippen molar-refractivity contribution in [3.8, 4) is 0 Å². The smallest absolute Gasteiger partial charge is 0.0575 e. The van der Waals surface area contributed by atoms with Gasteiger partial charge in [-0.3, -0.25) is 0 Å². The van der Waals surface area contributed by atoms with Gasteiger partial charge < -0.3 is 10.1 Å². The Morgan fingerprint density at radius 1 is 1.22 bits per heavy atom. The Kier molecular flexibility index (Phi) is 7.25. The molecule has 0 aromatic heterocycles. The fourth-order valence-electron chi connectivity index (χ4n) is 2.67. The first-order valence-corrected chi connectivity index (χ1v) is 7.86. The summed E-state index contributed by atoms with van der Waals surface area (Å²) in [5.41, 5.74) is 0.453. The Balaban J connectivity index is 2.23. The lowest BCUT2D eigenvalue weighted by Gasteiger charge is -2.27. The quantitative estimate of drug-likeness (QED) is 0.738. The molecular weight excluding hydrogens is 222 g/mol. The molecule has 0 saturated carbocycles. The van der Waals surface area contributed by atoms with Crippen molar-refractivity contribution >= 4 is 0 Å². The van der Waals surface area contributed by atoms with Crippen LogP contribution in [0.1, 0.15) is 72.6 Å². The normalized spacial score (nSPS) is 23.0. The minimum absolute atomic E-state index is 0.453. The van der Waals surface area contributed by atoms with E-state index < -0.39 is 0 Å². The highest BCUT2D eigenvalue weighted by molar-refractivity contribution is 4.74. The Labute approximate surface area is 114 Å². The third-order valence-corrected chi connectivity index (χ3v) is 3.85. The highest BCUT2D eigenvalue weighted by atomic mass is 16.5. The molecule has 1 rings (SSSR count). The van der Waals surface area contributed by atoms with E-state index in [0.29, 0.717) is 17.6 Å². The first-order valence-electron chi connectivity index (χ1n) is 7.86. The highest BCUT2D eigenvalue weighted by Gasteiger charge is 2.18. The number of rotatable bonds is 7. The Morgan fingerprint density at radius 3 is 2.56 bits per heavy atom. The van der Waals surface area contributed by atoms with E-state index in [9.17, 15) is 0 Å². The number of ether oxygens (including phenoxy) is 1. The molecule has 2 atom stereocenters. The van der Waals surface area contributed by atoms with E-state index >= 15 is 0 Å². The van der Waals surface area contributed by atoms with E-state index in [4.69, 9.17) is 4.74 Å². The lowest BCUT2D eigenvalue weighted by Crippen LogP contribution is -2.32. The topological polar surface area (TPSA) is 21.3 Å². The fraction of sp³-hybridized carbons (Fsp3) is 1.00. The predicted octanol–water partition coefficient (Wildman–Crippen LogP) is 4.14. The van der Waals surface area contributed by atoms with Gasteiger partial charge in [0, 0.05) is 12.6 Å². The summed E-state index contributed by atoms with van der Waals surface area (Å²) < 4.78 is 5.82. The van der Waals surface area contributed by atoms with Gasteiger partial charge in [0.2, 0.25) is 0 Å². The number of hydrogen-bond donors (Lipinski definition) is 1. The molecule has 0 spiro atoms. The number of nitrogens with one attached hydrogen (secondary N) is 1. The molecule has 1 saturated heterocycles. The van der Waals surface area contributed by atoms with Crippen LogP contribution in [0.5, 0.6) is 0 Å². The number of hydrogen-bond acceptors (Lipinski definition) is 2. The van der Waals surface area contributed by atoms with Crippen LogP contribution in [-0.4, -0.2) is 25.3 Å². The molecule has 18 heavy (non-hydrogen) atoms. The molecule has 2 heteroatoms. The maximum atomic E-state index is 5.82. The molecule has 108 valence electrons. The molecule has 0 bridgehead atoms. The lowest BCUT2D eigenvalue weighted by molar-refractivity contribution is 0.00831. The molecule has 0 aromatic rings. The molecule has 1 N–H and O–H groups in total. The average Bonchev–Trinajstić information content (AvgIpc) is 2.33. The van der Waals surface area contributed by atoms with Gasteiger partial charge in [0.1, 0.15) is 0 Å². The second-order valence-electron chi connectivity index (χ2n) is 6.92. The van der Waals surface area contributed by atoms with Gasteiger partial charge in [-0.2, -0.15) is 0 Å². The largest absolute Gasteiger partial charge is 0.378 e. The van der Waals surface area contributed by atoms with Crippen molar-refractivity contribution in [2.24, 2.45) is 5.41 Å². The predicted molar refractivity (Wildman–Crippen MR) is 79.0 cm³/mol. The van der Waals surface area contributed by atoms with Gasteiger partial charge in [-0.05, 0) is 56.9 Å². The van der Waals surface area contributed by atoms with Crippen LogP contribution >= 0.6 is 0 Å². The highest BCUT2D eigenvalue weighted by Crippen LogP contribution is 2.24. The van der Waals surface area contributed by atoms with Gasteiger partial charge in [-0.1, -0.05) is 27.7 Å². The zero-order valence-electron chi connectivity index (χ0n) is 12.9. The molecule has 2 unspecified atom stereocenters. The zero-order valence-corrected chi connectivity index (χ0v) is 12.9. The molecule has 1 heterocycles. The molecule has 0 aliphatic carbocycles. The molecule has 0 aromatic carbocycles. The van der Waals surface area contributed by atoms with E-state index in [1.165, 1.54) is 44.9 Å². The maximum Gasteiger partial charge on any atom is 0.0575 e. The lowest BCUT2D eigenvalue weighted by atomic mass is 9.87. The van der Waals surface area contributed by atoms with Crippen molar-refractivity contribution in [2.45, 2.75) is 84.8 Å². The van der Waals surface area contributed by atoms with Crippen molar-refractivity contribution in [3.05, 3.63) is 0 Å². The third-order valence-electron chi connectivity index (χ3n) is 3.85. The Hall–Kier alpha value is -0.0800. The summed E-state index contributed by atoms with van der Waals surface area (Å²) in [5, 5.41) is 3.64. The van der Waals surface area contributed by atoms with E-state index in [1.54, 1.807) is 0 Å². The second kappa shape index (κ2) is 8.16. The summed E-state index contributed by atoms with van der Waals surface area (Å²) in [4.78, 5) is 0. The van der Waals surface area contributed by atoms with Crippen molar-refractivity contribution in [2.75, 3.05) is 13.2 Å². The molecule has 2 nitrogen and oxygen atoms in total. The molecule has 1 aliphatic heterocycles. The summed E-state index contributed by atoms with van der Waals surface area (Å²) in [5.74, 6) is 0. The first-order chi connectivity index (χ1) is 8.51. The monoisotopic (exact) mass is 255 g/mol. The van der Waals surface area contributed by atoms with Gasteiger partial charge in [-0.15, -0.1) is 0 Å². The van der Waals surface area contributed by atoms with Gasteiger partial charge in [0.05, 0.1) is 6.10 Å². The standard InChI is InChI=1S/C16H33NO/c1-5-17-14(11-12-16(2,3)4)9-10-15-8-6-7-13-18-15/h14-15,17H,5-13H2,1-4H3.